The summed E-state index contributed by atoms with van der Waals surface area (Å²) >= 11 is 0. The maximum Gasteiger partial charge on any atom is 0.262 e. The third kappa shape index (κ3) is 6.32. The van der Waals surface area contributed by atoms with E-state index in [1.807, 2.05) is 12.1 Å². The molecule has 1 unspecified atom stereocenters. The Morgan fingerprint density at radius 3 is 2.56 bits per heavy atom. The van der Waals surface area contributed by atoms with E-state index in [1.165, 1.54) is 11.1 Å². The number of hydrazone groups is 1. The Morgan fingerprint density at radius 1 is 1.02 bits per heavy atom. The van der Waals surface area contributed by atoms with Crippen LogP contribution in [0.15, 0.2) is 71.8 Å². The van der Waals surface area contributed by atoms with Crippen molar-refractivity contribution in [3.63, 3.8) is 0 Å². The maximum absolute atomic E-state index is 14.8. The first-order chi connectivity index (χ1) is 21.0. The van der Waals surface area contributed by atoms with Gasteiger partial charge in [0.05, 0.1) is 32.1 Å². The summed E-state index contributed by atoms with van der Waals surface area (Å²) in [5.41, 5.74) is 2.01. The fraction of sp³-hybridized carbons (Fsp3) is 0.344. The zero-order valence-corrected chi connectivity index (χ0v) is 23.9. The first-order valence-corrected chi connectivity index (χ1v) is 14.3. The summed E-state index contributed by atoms with van der Waals surface area (Å²) in [4.78, 5) is 31.5. The number of benzene rings is 3. The van der Waals surface area contributed by atoms with Gasteiger partial charge < -0.3 is 23.8 Å². The van der Waals surface area contributed by atoms with Crippen LogP contribution in [0.1, 0.15) is 33.9 Å². The van der Waals surface area contributed by atoms with E-state index in [-0.39, 0.29) is 25.2 Å². The Hall–Kier alpha value is -4.48. The van der Waals surface area contributed by atoms with Crippen molar-refractivity contribution >= 4 is 17.5 Å². The first-order valence-electron chi connectivity index (χ1n) is 14.3. The molecule has 3 aromatic carbocycles. The van der Waals surface area contributed by atoms with Crippen LogP contribution in [0.25, 0.3) is 0 Å². The van der Waals surface area contributed by atoms with E-state index >= 15 is 0 Å². The van der Waals surface area contributed by atoms with Gasteiger partial charge in [0.1, 0.15) is 18.1 Å². The molecule has 0 bridgehead atoms. The van der Waals surface area contributed by atoms with Gasteiger partial charge in [0.2, 0.25) is 6.79 Å². The normalized spacial score (nSPS) is 18.0. The number of carbonyl (C=O) groups is 2. The topological polar surface area (TPSA) is 93.1 Å². The van der Waals surface area contributed by atoms with E-state index < -0.39 is 11.9 Å². The van der Waals surface area contributed by atoms with Crippen molar-refractivity contribution in [2.45, 2.75) is 12.5 Å². The lowest BCUT2D eigenvalue weighted by atomic mass is 9.97. The summed E-state index contributed by atoms with van der Waals surface area (Å²) in [6.07, 6.45) is 0.298. The van der Waals surface area contributed by atoms with Gasteiger partial charge in [0, 0.05) is 43.7 Å². The molecule has 6 rings (SSSR count). The molecular weight excluding hydrogens is 555 g/mol. The van der Waals surface area contributed by atoms with Crippen LogP contribution in [-0.4, -0.2) is 92.2 Å². The van der Waals surface area contributed by atoms with Gasteiger partial charge in [0.15, 0.2) is 11.5 Å². The fourth-order valence-corrected chi connectivity index (χ4v) is 5.47. The smallest absolute Gasteiger partial charge is 0.262 e. The third-order valence-electron chi connectivity index (χ3n) is 7.87. The number of nitrogens with zero attached hydrogens (tertiary/aromatic N) is 4. The summed E-state index contributed by atoms with van der Waals surface area (Å²) in [6, 6.07) is 18.2. The second kappa shape index (κ2) is 12.8. The van der Waals surface area contributed by atoms with E-state index in [1.54, 1.807) is 60.5 Å². The quantitative estimate of drug-likeness (QED) is 0.376. The number of morpholine rings is 1. The zero-order valence-electron chi connectivity index (χ0n) is 23.9. The van der Waals surface area contributed by atoms with Crippen LogP contribution < -0.4 is 14.2 Å². The molecular formula is C32H33FN4O6. The Labute approximate surface area is 249 Å². The molecule has 1 fully saturated rings. The highest BCUT2D eigenvalue weighted by Crippen LogP contribution is 2.39. The van der Waals surface area contributed by atoms with Gasteiger partial charge in [-0.2, -0.15) is 5.10 Å². The average molecular weight is 589 g/mol. The number of hydrogen-bond donors (Lipinski definition) is 0. The predicted molar refractivity (Wildman–Crippen MR) is 156 cm³/mol. The second-order valence-electron chi connectivity index (χ2n) is 10.5. The summed E-state index contributed by atoms with van der Waals surface area (Å²) in [6.45, 7) is 3.61. The largest absolute Gasteiger partial charge is 0.497 e. The summed E-state index contributed by atoms with van der Waals surface area (Å²) in [5, 5.41) is 6.01. The molecule has 0 aromatic heterocycles. The number of ether oxygens (including phenoxy) is 4. The van der Waals surface area contributed by atoms with Crippen molar-refractivity contribution in [2.75, 3.05) is 59.8 Å². The molecule has 3 aliphatic rings. The van der Waals surface area contributed by atoms with E-state index in [0.717, 1.165) is 18.7 Å². The lowest BCUT2D eigenvalue weighted by Crippen LogP contribution is -2.46. The molecule has 3 heterocycles. The summed E-state index contributed by atoms with van der Waals surface area (Å²) in [5.74, 6) is 0.757. The maximum atomic E-state index is 14.8. The molecule has 0 saturated carbocycles. The van der Waals surface area contributed by atoms with Crippen LogP contribution in [0.5, 0.6) is 17.2 Å². The number of hydrogen-bond acceptors (Lipinski definition) is 8. The zero-order chi connectivity index (χ0) is 29.8. The molecule has 1 saturated heterocycles. The highest BCUT2D eigenvalue weighted by molar-refractivity contribution is 6.04. The van der Waals surface area contributed by atoms with Crippen molar-refractivity contribution in [3.8, 4) is 17.2 Å². The molecule has 3 aromatic rings. The molecule has 10 nitrogen and oxygen atoms in total. The molecule has 11 heteroatoms. The van der Waals surface area contributed by atoms with Crippen molar-refractivity contribution in [2.24, 2.45) is 5.10 Å². The highest BCUT2D eigenvalue weighted by Gasteiger charge is 2.36. The molecule has 0 aliphatic carbocycles. The molecule has 2 amide bonds. The van der Waals surface area contributed by atoms with Crippen LogP contribution in [0, 0.1) is 5.82 Å². The van der Waals surface area contributed by atoms with Crippen molar-refractivity contribution < 1.29 is 32.9 Å². The number of halogens is 1. The third-order valence-corrected chi connectivity index (χ3v) is 7.87. The van der Waals surface area contributed by atoms with E-state index in [2.05, 4.69) is 10.0 Å². The molecule has 3 aliphatic heterocycles. The Kier molecular flexibility index (Phi) is 8.52. The molecule has 224 valence electrons. The highest BCUT2D eigenvalue weighted by atomic mass is 19.1. The number of fused-ring (bicyclic) bond motifs is 1. The monoisotopic (exact) mass is 588 g/mol. The van der Waals surface area contributed by atoms with Gasteiger partial charge in [-0.05, 0) is 48.0 Å². The van der Waals surface area contributed by atoms with Crippen molar-refractivity contribution in [3.05, 3.63) is 89.2 Å². The van der Waals surface area contributed by atoms with Crippen molar-refractivity contribution in [1.82, 2.24) is 14.8 Å². The molecule has 0 N–H and O–H groups in total. The Morgan fingerprint density at radius 2 is 1.79 bits per heavy atom. The standard InChI is InChI=1S/C32H33FN4O6/c1-40-24-9-6-22(7-10-24)32(39)36(13-12-35-14-16-41-17-15-35)20-31(38)37-28(23-8-11-29-30(18-23)43-21-42-29)19-27(34-37)25-4-2-3-5-26(25)33/h2-11,18,28H,12-17,19-21H2,1H3. The van der Waals surface area contributed by atoms with E-state index in [9.17, 15) is 14.0 Å². The molecule has 1 atom stereocenters. The number of amides is 2. The minimum absolute atomic E-state index is 0.120. The molecule has 0 radical (unpaired) electrons. The number of rotatable bonds is 9. The Bertz CT molecular complexity index is 1510. The average Bonchev–Trinajstić information content (AvgIpc) is 3.71. The minimum Gasteiger partial charge on any atom is -0.497 e. The van der Waals surface area contributed by atoms with Crippen LogP contribution in [0.3, 0.4) is 0 Å². The van der Waals surface area contributed by atoms with Crippen LogP contribution in [0.4, 0.5) is 4.39 Å². The SMILES string of the molecule is COc1ccc(C(=O)N(CCN2CCOCC2)CC(=O)N2N=C(c3ccccc3F)CC2c2ccc3c(c2)OCO3)cc1. The van der Waals surface area contributed by atoms with E-state index in [0.29, 0.717) is 66.8 Å². The van der Waals surface area contributed by atoms with Gasteiger partial charge in [-0.15, -0.1) is 0 Å². The van der Waals surface area contributed by atoms with Gasteiger partial charge in [-0.25, -0.2) is 9.40 Å². The lowest BCUT2D eigenvalue weighted by molar-refractivity contribution is -0.133. The summed E-state index contributed by atoms with van der Waals surface area (Å²) in [7, 11) is 1.56. The van der Waals surface area contributed by atoms with Crippen molar-refractivity contribution in [1.29, 1.82) is 0 Å². The summed E-state index contributed by atoms with van der Waals surface area (Å²) < 4.78 is 36.6. The Balaban J connectivity index is 1.28. The van der Waals surface area contributed by atoms with E-state index in [4.69, 9.17) is 18.9 Å². The predicted octanol–water partition coefficient (Wildman–Crippen LogP) is 3.72. The van der Waals surface area contributed by atoms with Crippen LogP contribution >= 0.6 is 0 Å². The van der Waals surface area contributed by atoms with Gasteiger partial charge >= 0.3 is 0 Å². The van der Waals surface area contributed by atoms with Crippen LogP contribution in [0.2, 0.25) is 0 Å². The lowest BCUT2D eigenvalue weighted by Gasteiger charge is -2.31. The number of carbonyl (C=O) groups excluding carboxylic acids is 2. The first kappa shape index (κ1) is 28.6. The van der Waals surface area contributed by atoms with Gasteiger partial charge in [-0.1, -0.05) is 24.3 Å². The van der Waals surface area contributed by atoms with Gasteiger partial charge in [0.25, 0.3) is 11.8 Å². The fourth-order valence-electron chi connectivity index (χ4n) is 5.47. The minimum atomic E-state index is -0.520. The number of methoxy groups -OCH3 is 1. The van der Waals surface area contributed by atoms with Crippen LogP contribution in [-0.2, 0) is 9.53 Å². The second-order valence-corrected chi connectivity index (χ2v) is 10.5. The molecule has 43 heavy (non-hydrogen) atoms. The molecule has 0 spiro atoms. The van der Waals surface area contributed by atoms with Gasteiger partial charge in [-0.3, -0.25) is 14.5 Å².